The molecule has 0 aliphatic carbocycles. The van der Waals surface area contributed by atoms with Gasteiger partial charge in [0.1, 0.15) is 0 Å². The third-order valence-electron chi connectivity index (χ3n) is 2.56. The zero-order chi connectivity index (χ0) is 10.7. The second-order valence-corrected chi connectivity index (χ2v) is 3.55. The lowest BCUT2D eigenvalue weighted by Crippen LogP contribution is -2.13. The van der Waals surface area contributed by atoms with Crippen LogP contribution in [-0.2, 0) is 4.74 Å². The van der Waals surface area contributed by atoms with Crippen molar-refractivity contribution in [2.24, 2.45) is 5.92 Å². The lowest BCUT2D eigenvalue weighted by Gasteiger charge is -2.17. The van der Waals surface area contributed by atoms with Crippen LogP contribution in [0.3, 0.4) is 0 Å². The number of benzene rings is 1. The molecule has 0 radical (unpaired) electrons. The van der Waals surface area contributed by atoms with Crippen LogP contribution in [0.2, 0.25) is 0 Å². The van der Waals surface area contributed by atoms with Gasteiger partial charge in [0, 0.05) is 5.92 Å². The highest BCUT2D eigenvalue weighted by Crippen LogP contribution is 2.31. The summed E-state index contributed by atoms with van der Waals surface area (Å²) in [5, 5.41) is 10.1. The molecular weight excluding hydrogens is 176 g/mol. The Labute approximate surface area is 85.2 Å². The Hall–Kier alpha value is -1.12. The topological polar surface area (TPSA) is 29.5 Å². The van der Waals surface area contributed by atoms with Gasteiger partial charge < -0.3 is 9.84 Å². The standard InChI is InChI=1S/C12H14O2/c1-9-7-14-8-11(9)12(13)10-5-3-2-4-6-10/h2-6,11-13H,1,7-8H2/t11-,12-/m0/s1/i1D. The lowest BCUT2D eigenvalue weighted by molar-refractivity contribution is 0.0971. The molecule has 0 spiro atoms. The number of aliphatic hydroxyl groups excluding tert-OH is 1. The van der Waals surface area contributed by atoms with E-state index in [0.29, 0.717) is 13.2 Å². The molecule has 0 bridgehead atoms. The summed E-state index contributed by atoms with van der Waals surface area (Å²) in [5.41, 5.74) is 1.75. The molecule has 0 saturated carbocycles. The number of aliphatic hydroxyl groups is 1. The summed E-state index contributed by atoms with van der Waals surface area (Å²) in [6.45, 7) is 2.27. The maximum absolute atomic E-state index is 10.1. The molecule has 1 N–H and O–H groups in total. The van der Waals surface area contributed by atoms with Crippen molar-refractivity contribution in [1.82, 2.24) is 0 Å². The van der Waals surface area contributed by atoms with Crippen LogP contribution in [-0.4, -0.2) is 18.3 Å². The minimum atomic E-state index is -0.565. The fourth-order valence-electron chi connectivity index (χ4n) is 1.69. The minimum Gasteiger partial charge on any atom is -0.388 e. The van der Waals surface area contributed by atoms with Gasteiger partial charge in [0.05, 0.1) is 20.7 Å². The van der Waals surface area contributed by atoms with Crippen molar-refractivity contribution in [3.8, 4) is 0 Å². The minimum absolute atomic E-state index is 0.0649. The molecule has 2 atom stereocenters. The molecule has 1 aliphatic rings. The Morgan fingerprint density at radius 1 is 1.50 bits per heavy atom. The zero-order valence-corrected chi connectivity index (χ0v) is 7.89. The van der Waals surface area contributed by atoms with E-state index in [1.165, 1.54) is 6.55 Å². The van der Waals surface area contributed by atoms with Gasteiger partial charge in [0.25, 0.3) is 0 Å². The molecule has 1 heterocycles. The zero-order valence-electron chi connectivity index (χ0n) is 8.89. The van der Waals surface area contributed by atoms with Crippen molar-refractivity contribution in [2.75, 3.05) is 13.2 Å². The second kappa shape index (κ2) is 3.95. The van der Waals surface area contributed by atoms with Gasteiger partial charge in [0.15, 0.2) is 0 Å². The monoisotopic (exact) mass is 191 g/mol. The van der Waals surface area contributed by atoms with Crippen molar-refractivity contribution < 1.29 is 11.2 Å². The summed E-state index contributed by atoms with van der Waals surface area (Å²) < 4.78 is 12.5. The lowest BCUT2D eigenvalue weighted by atomic mass is 9.92. The maximum atomic E-state index is 10.1. The summed E-state index contributed by atoms with van der Waals surface area (Å²) in [7, 11) is 0. The van der Waals surface area contributed by atoms with Crippen LogP contribution >= 0.6 is 0 Å². The molecule has 2 nitrogen and oxygen atoms in total. The molecule has 1 aromatic rings. The van der Waals surface area contributed by atoms with E-state index in [2.05, 4.69) is 0 Å². The molecule has 1 aliphatic heterocycles. The first kappa shape index (κ1) is 8.21. The fourth-order valence-corrected chi connectivity index (χ4v) is 1.69. The average molecular weight is 191 g/mol. The summed E-state index contributed by atoms with van der Waals surface area (Å²) in [6, 6.07) is 9.51. The Kier molecular flexibility index (Phi) is 2.31. The first-order valence-corrected chi connectivity index (χ1v) is 4.71. The molecule has 74 valence electrons. The summed E-state index contributed by atoms with van der Waals surface area (Å²) in [6.07, 6.45) is -0.565. The summed E-state index contributed by atoms with van der Waals surface area (Å²) in [4.78, 5) is 0. The summed E-state index contributed by atoms with van der Waals surface area (Å²) in [5.74, 6) is -0.0649. The predicted octanol–water partition coefficient (Wildman–Crippen LogP) is 1.92. The molecule has 2 heteroatoms. The normalized spacial score (nSPS) is 27.6. The van der Waals surface area contributed by atoms with Gasteiger partial charge in [-0.05, 0) is 11.1 Å². The smallest absolute Gasteiger partial charge is 0.0878 e. The molecule has 14 heavy (non-hydrogen) atoms. The number of rotatable bonds is 2. The van der Waals surface area contributed by atoms with E-state index in [1.807, 2.05) is 30.3 Å². The number of ether oxygens (including phenoxy) is 1. The second-order valence-electron chi connectivity index (χ2n) is 3.55. The van der Waals surface area contributed by atoms with Gasteiger partial charge in [-0.25, -0.2) is 0 Å². The highest BCUT2D eigenvalue weighted by atomic mass is 16.5. The fraction of sp³-hybridized carbons (Fsp3) is 0.333. The van der Waals surface area contributed by atoms with Crippen LogP contribution in [0, 0.1) is 5.92 Å². The van der Waals surface area contributed by atoms with Gasteiger partial charge >= 0.3 is 0 Å². The SMILES string of the molecule is [2H]C=C1COC[C@@H]1[C@@H](O)c1ccccc1. The van der Waals surface area contributed by atoms with Gasteiger partial charge in [-0.1, -0.05) is 36.9 Å². The maximum Gasteiger partial charge on any atom is 0.0878 e. The van der Waals surface area contributed by atoms with Crippen molar-refractivity contribution in [2.45, 2.75) is 6.10 Å². The Bertz CT molecular complexity index is 348. The van der Waals surface area contributed by atoms with Crippen molar-refractivity contribution in [3.05, 3.63) is 48.0 Å². The number of hydrogen-bond donors (Lipinski definition) is 1. The van der Waals surface area contributed by atoms with E-state index in [0.717, 1.165) is 11.1 Å². The van der Waals surface area contributed by atoms with E-state index < -0.39 is 6.10 Å². The Morgan fingerprint density at radius 3 is 3.00 bits per heavy atom. The highest BCUT2D eigenvalue weighted by molar-refractivity contribution is 5.22. The molecule has 1 saturated heterocycles. The van der Waals surface area contributed by atoms with Crippen LogP contribution < -0.4 is 0 Å². The van der Waals surface area contributed by atoms with Crippen LogP contribution in [0.5, 0.6) is 0 Å². The molecule has 2 rings (SSSR count). The predicted molar refractivity (Wildman–Crippen MR) is 54.9 cm³/mol. The first-order valence-electron chi connectivity index (χ1n) is 5.28. The van der Waals surface area contributed by atoms with E-state index in [4.69, 9.17) is 6.11 Å². The van der Waals surface area contributed by atoms with Gasteiger partial charge in [-0.2, -0.15) is 0 Å². The van der Waals surface area contributed by atoms with Crippen molar-refractivity contribution >= 4 is 0 Å². The summed E-state index contributed by atoms with van der Waals surface area (Å²) >= 11 is 0. The largest absolute Gasteiger partial charge is 0.388 e. The highest BCUT2D eigenvalue weighted by Gasteiger charge is 2.28. The van der Waals surface area contributed by atoms with Crippen molar-refractivity contribution in [1.29, 1.82) is 0 Å². The third-order valence-corrected chi connectivity index (χ3v) is 2.56. The van der Waals surface area contributed by atoms with E-state index in [-0.39, 0.29) is 5.92 Å². The van der Waals surface area contributed by atoms with Gasteiger partial charge in [0.2, 0.25) is 0 Å². The molecule has 0 aromatic heterocycles. The van der Waals surface area contributed by atoms with Crippen molar-refractivity contribution in [3.63, 3.8) is 0 Å². The molecule has 1 aromatic carbocycles. The quantitative estimate of drug-likeness (QED) is 0.724. The van der Waals surface area contributed by atoms with E-state index >= 15 is 0 Å². The molecule has 1 fully saturated rings. The Balaban J connectivity index is 2.18. The molecular formula is C12H14O2. The van der Waals surface area contributed by atoms with Gasteiger partial charge in [-0.15, -0.1) is 0 Å². The van der Waals surface area contributed by atoms with E-state index in [9.17, 15) is 5.11 Å². The number of hydrogen-bond acceptors (Lipinski definition) is 2. The third kappa shape index (κ3) is 1.72. The van der Waals surface area contributed by atoms with Crippen LogP contribution in [0.15, 0.2) is 42.5 Å². The van der Waals surface area contributed by atoms with E-state index in [1.54, 1.807) is 0 Å². The van der Waals surface area contributed by atoms with Crippen LogP contribution in [0.25, 0.3) is 0 Å². The Morgan fingerprint density at radius 2 is 2.29 bits per heavy atom. The average Bonchev–Trinajstić information content (AvgIpc) is 2.77. The van der Waals surface area contributed by atoms with Gasteiger partial charge in [-0.3, -0.25) is 0 Å². The van der Waals surface area contributed by atoms with Crippen LogP contribution in [0.1, 0.15) is 13.0 Å². The molecule has 0 unspecified atom stereocenters. The molecule has 0 amide bonds. The first-order chi connectivity index (χ1) is 7.33. The van der Waals surface area contributed by atoms with Crippen LogP contribution in [0.4, 0.5) is 0 Å².